The van der Waals surface area contributed by atoms with Crippen molar-refractivity contribution in [1.29, 1.82) is 0 Å². The van der Waals surface area contributed by atoms with Gasteiger partial charge in [0.25, 0.3) is 0 Å². The Bertz CT molecular complexity index is 572. The molecule has 0 N–H and O–H groups in total. The molecule has 1 heterocycles. The average Bonchev–Trinajstić information content (AvgIpc) is 2.74. The molecule has 0 spiro atoms. The van der Waals surface area contributed by atoms with Gasteiger partial charge >= 0.3 is 5.97 Å². The Labute approximate surface area is 111 Å². The lowest BCUT2D eigenvalue weighted by atomic mass is 10.2. The van der Waals surface area contributed by atoms with E-state index in [0.29, 0.717) is 18.7 Å². The van der Waals surface area contributed by atoms with Crippen LogP contribution in [0.1, 0.15) is 28.5 Å². The summed E-state index contributed by atoms with van der Waals surface area (Å²) in [7, 11) is 0. The third kappa shape index (κ3) is 3.02. The van der Waals surface area contributed by atoms with Crippen molar-refractivity contribution in [2.24, 2.45) is 0 Å². The normalized spacial score (nSPS) is 10.5. The molecule has 1 aromatic carbocycles. The van der Waals surface area contributed by atoms with Crippen LogP contribution in [0.3, 0.4) is 0 Å². The molecule has 0 radical (unpaired) electrons. The maximum Gasteiger partial charge on any atom is 0.339 e. The number of hydrogen-bond acceptors (Lipinski definition) is 2. The maximum absolute atomic E-state index is 12.8. The van der Waals surface area contributed by atoms with E-state index < -0.39 is 0 Å². The summed E-state index contributed by atoms with van der Waals surface area (Å²) < 4.78 is 19.8. The fourth-order valence-electron chi connectivity index (χ4n) is 1.93. The van der Waals surface area contributed by atoms with E-state index in [2.05, 4.69) is 0 Å². The number of benzene rings is 1. The second-order valence-electron chi connectivity index (χ2n) is 4.29. The van der Waals surface area contributed by atoms with Crippen molar-refractivity contribution in [2.45, 2.75) is 20.4 Å². The standard InChI is InChI=1S/C15H16FNO2/c1-3-19-15(18)14-8-9-17(11(14)2)10-12-4-6-13(16)7-5-12/h4-9H,3,10H2,1-2H3. The molecule has 19 heavy (non-hydrogen) atoms. The van der Waals surface area contributed by atoms with Gasteiger partial charge < -0.3 is 9.30 Å². The topological polar surface area (TPSA) is 31.2 Å². The number of carbonyl (C=O) groups excluding carboxylic acids is 1. The Kier molecular flexibility index (Phi) is 4.00. The van der Waals surface area contributed by atoms with Crippen LogP contribution >= 0.6 is 0 Å². The Morgan fingerprint density at radius 3 is 2.58 bits per heavy atom. The molecule has 0 amide bonds. The largest absolute Gasteiger partial charge is 0.462 e. The van der Waals surface area contributed by atoms with Gasteiger partial charge in [0.15, 0.2) is 0 Å². The molecule has 2 rings (SSSR count). The Morgan fingerprint density at radius 2 is 1.95 bits per heavy atom. The highest BCUT2D eigenvalue weighted by molar-refractivity contribution is 5.90. The lowest BCUT2D eigenvalue weighted by Crippen LogP contribution is -2.07. The molecule has 0 aliphatic rings. The number of rotatable bonds is 4. The predicted octanol–water partition coefficient (Wildman–Crippen LogP) is 3.16. The summed E-state index contributed by atoms with van der Waals surface area (Å²) in [4.78, 5) is 11.7. The summed E-state index contributed by atoms with van der Waals surface area (Å²) in [6.07, 6.45) is 1.84. The zero-order valence-corrected chi connectivity index (χ0v) is 11.0. The minimum atomic E-state index is -0.308. The number of nitrogens with zero attached hydrogens (tertiary/aromatic N) is 1. The Morgan fingerprint density at radius 1 is 1.26 bits per heavy atom. The number of esters is 1. The number of aromatic nitrogens is 1. The monoisotopic (exact) mass is 261 g/mol. The maximum atomic E-state index is 12.8. The molecule has 1 aromatic heterocycles. The summed E-state index contributed by atoms with van der Waals surface area (Å²) in [5.41, 5.74) is 2.40. The van der Waals surface area contributed by atoms with E-state index in [1.165, 1.54) is 12.1 Å². The highest BCUT2D eigenvalue weighted by atomic mass is 19.1. The first-order valence-corrected chi connectivity index (χ1v) is 6.19. The van der Waals surface area contributed by atoms with E-state index in [0.717, 1.165) is 11.3 Å². The molecule has 3 nitrogen and oxygen atoms in total. The quantitative estimate of drug-likeness (QED) is 0.792. The van der Waals surface area contributed by atoms with E-state index in [1.54, 1.807) is 25.1 Å². The lowest BCUT2D eigenvalue weighted by Gasteiger charge is -2.07. The van der Waals surface area contributed by atoms with Crippen LogP contribution in [-0.2, 0) is 11.3 Å². The first-order valence-electron chi connectivity index (χ1n) is 6.19. The second-order valence-corrected chi connectivity index (χ2v) is 4.29. The molecule has 2 aromatic rings. The van der Waals surface area contributed by atoms with Gasteiger partial charge in [-0.2, -0.15) is 0 Å². The van der Waals surface area contributed by atoms with E-state index in [9.17, 15) is 9.18 Å². The lowest BCUT2D eigenvalue weighted by molar-refractivity contribution is 0.0525. The third-order valence-corrected chi connectivity index (χ3v) is 3.00. The van der Waals surface area contributed by atoms with Gasteiger partial charge in [0.05, 0.1) is 12.2 Å². The molecule has 0 fully saturated rings. The van der Waals surface area contributed by atoms with E-state index in [4.69, 9.17) is 4.74 Å². The highest BCUT2D eigenvalue weighted by Crippen LogP contribution is 2.14. The van der Waals surface area contributed by atoms with Gasteiger partial charge in [-0.05, 0) is 37.6 Å². The SMILES string of the molecule is CCOC(=O)c1ccn(Cc2ccc(F)cc2)c1C. The number of hydrogen-bond donors (Lipinski definition) is 0. The van der Waals surface area contributed by atoms with Crippen molar-refractivity contribution >= 4 is 5.97 Å². The number of carbonyl (C=O) groups is 1. The van der Waals surface area contributed by atoms with Crippen LogP contribution < -0.4 is 0 Å². The first kappa shape index (κ1) is 13.3. The van der Waals surface area contributed by atoms with Gasteiger partial charge in [-0.3, -0.25) is 0 Å². The van der Waals surface area contributed by atoms with Gasteiger partial charge in [0, 0.05) is 18.4 Å². The van der Waals surface area contributed by atoms with Gasteiger partial charge in [-0.15, -0.1) is 0 Å². The third-order valence-electron chi connectivity index (χ3n) is 3.00. The van der Waals surface area contributed by atoms with Crippen LogP contribution in [-0.4, -0.2) is 17.1 Å². The average molecular weight is 261 g/mol. The van der Waals surface area contributed by atoms with Crippen molar-refractivity contribution < 1.29 is 13.9 Å². The summed E-state index contributed by atoms with van der Waals surface area (Å²) in [6, 6.07) is 8.08. The molecule has 100 valence electrons. The molecular formula is C15H16FNO2. The molecule has 0 aliphatic heterocycles. The van der Waals surface area contributed by atoms with Crippen LogP contribution in [0.25, 0.3) is 0 Å². The van der Waals surface area contributed by atoms with Crippen LogP contribution in [0.5, 0.6) is 0 Å². The number of halogens is 1. The Balaban J connectivity index is 2.18. The van der Waals surface area contributed by atoms with Gasteiger partial charge in [0.2, 0.25) is 0 Å². The minimum absolute atomic E-state index is 0.250. The summed E-state index contributed by atoms with van der Waals surface area (Å²) in [5.74, 6) is -0.557. The highest BCUT2D eigenvalue weighted by Gasteiger charge is 2.13. The van der Waals surface area contributed by atoms with Crippen molar-refractivity contribution in [1.82, 2.24) is 4.57 Å². The van der Waals surface area contributed by atoms with Gasteiger partial charge in [-0.1, -0.05) is 12.1 Å². The van der Waals surface area contributed by atoms with Crippen LogP contribution in [0.15, 0.2) is 36.5 Å². The van der Waals surface area contributed by atoms with E-state index in [-0.39, 0.29) is 11.8 Å². The van der Waals surface area contributed by atoms with E-state index >= 15 is 0 Å². The van der Waals surface area contributed by atoms with Gasteiger partial charge in [0.1, 0.15) is 5.82 Å². The molecule has 4 heteroatoms. The molecule has 0 aliphatic carbocycles. The molecule has 0 bridgehead atoms. The Hall–Kier alpha value is -2.10. The summed E-state index contributed by atoms with van der Waals surface area (Å²) >= 11 is 0. The van der Waals surface area contributed by atoms with Crippen molar-refractivity contribution in [3.05, 3.63) is 59.2 Å². The zero-order valence-electron chi connectivity index (χ0n) is 11.0. The minimum Gasteiger partial charge on any atom is -0.462 e. The van der Waals surface area contributed by atoms with E-state index in [1.807, 2.05) is 17.7 Å². The summed E-state index contributed by atoms with van der Waals surface area (Å²) in [6.45, 7) is 4.62. The molecular weight excluding hydrogens is 245 g/mol. The zero-order chi connectivity index (χ0) is 13.8. The molecule has 0 unspecified atom stereocenters. The van der Waals surface area contributed by atoms with Crippen LogP contribution in [0, 0.1) is 12.7 Å². The fraction of sp³-hybridized carbons (Fsp3) is 0.267. The smallest absolute Gasteiger partial charge is 0.339 e. The van der Waals surface area contributed by atoms with Crippen LogP contribution in [0.2, 0.25) is 0 Å². The van der Waals surface area contributed by atoms with Gasteiger partial charge in [-0.25, -0.2) is 9.18 Å². The van der Waals surface area contributed by atoms with Crippen molar-refractivity contribution in [3.8, 4) is 0 Å². The first-order chi connectivity index (χ1) is 9.11. The van der Waals surface area contributed by atoms with Crippen LogP contribution in [0.4, 0.5) is 4.39 Å². The molecule has 0 atom stereocenters. The fourth-order valence-corrected chi connectivity index (χ4v) is 1.93. The molecule has 0 saturated carbocycles. The second kappa shape index (κ2) is 5.69. The van der Waals surface area contributed by atoms with Crippen molar-refractivity contribution in [3.63, 3.8) is 0 Å². The summed E-state index contributed by atoms with van der Waals surface area (Å²) in [5, 5.41) is 0. The molecule has 0 saturated heterocycles. The number of ether oxygens (including phenoxy) is 1. The predicted molar refractivity (Wildman–Crippen MR) is 70.6 cm³/mol. The van der Waals surface area contributed by atoms with Crippen molar-refractivity contribution in [2.75, 3.05) is 6.61 Å².